The van der Waals surface area contributed by atoms with Gasteiger partial charge in [0.2, 0.25) is 0 Å². The highest BCUT2D eigenvalue weighted by atomic mass is 79.9. The van der Waals surface area contributed by atoms with E-state index in [1.54, 1.807) is 0 Å². The molecular formula is C9H7Br2F2NO2. The molecule has 7 heteroatoms. The van der Waals surface area contributed by atoms with Crippen molar-refractivity contribution in [3.05, 3.63) is 27.5 Å². The van der Waals surface area contributed by atoms with Gasteiger partial charge in [0.1, 0.15) is 0 Å². The zero-order valence-corrected chi connectivity index (χ0v) is 11.1. The van der Waals surface area contributed by atoms with E-state index < -0.39 is 12.4 Å². The lowest BCUT2D eigenvalue weighted by molar-refractivity contribution is -0.136. The number of nitrogens with zero attached hydrogens (tertiary/aromatic N) is 1. The van der Waals surface area contributed by atoms with Crippen LogP contribution in [0.3, 0.4) is 0 Å². The van der Waals surface area contributed by atoms with E-state index in [4.69, 9.17) is 5.11 Å². The van der Waals surface area contributed by atoms with E-state index in [-0.39, 0.29) is 22.0 Å². The number of alkyl halides is 3. The van der Waals surface area contributed by atoms with Crippen molar-refractivity contribution < 1.29 is 18.7 Å². The summed E-state index contributed by atoms with van der Waals surface area (Å²) >= 11 is 6.13. The highest BCUT2D eigenvalue weighted by Gasteiger charge is 2.19. The molecule has 0 spiro atoms. The van der Waals surface area contributed by atoms with Crippen LogP contribution in [0.4, 0.5) is 8.78 Å². The smallest absolute Gasteiger partial charge is 0.307 e. The molecule has 1 N–H and O–H groups in total. The molecule has 0 aliphatic carbocycles. The molecule has 0 saturated heterocycles. The molecule has 1 rings (SSSR count). The molecule has 0 bridgehead atoms. The van der Waals surface area contributed by atoms with E-state index in [1.165, 1.54) is 0 Å². The van der Waals surface area contributed by atoms with Gasteiger partial charge in [0, 0.05) is 21.6 Å². The van der Waals surface area contributed by atoms with Crippen molar-refractivity contribution in [3.63, 3.8) is 0 Å². The minimum Gasteiger partial charge on any atom is -0.481 e. The highest BCUT2D eigenvalue weighted by molar-refractivity contribution is 9.10. The highest BCUT2D eigenvalue weighted by Crippen LogP contribution is 2.31. The molecule has 3 nitrogen and oxygen atoms in total. The Kier molecular flexibility index (Phi) is 4.79. The maximum Gasteiger partial charge on any atom is 0.307 e. The fraction of sp³-hybridized carbons (Fsp3) is 0.333. The number of pyridine rings is 1. The van der Waals surface area contributed by atoms with Gasteiger partial charge >= 0.3 is 5.97 Å². The average molecular weight is 359 g/mol. The minimum absolute atomic E-state index is 0.120. The first kappa shape index (κ1) is 13.5. The van der Waals surface area contributed by atoms with Crippen molar-refractivity contribution in [1.82, 2.24) is 4.98 Å². The first-order valence-corrected chi connectivity index (χ1v) is 6.10. The fourth-order valence-corrected chi connectivity index (χ4v) is 2.31. The zero-order valence-electron chi connectivity index (χ0n) is 7.88. The minimum atomic E-state index is -2.68. The first-order valence-electron chi connectivity index (χ1n) is 4.19. The van der Waals surface area contributed by atoms with Crippen LogP contribution in [-0.4, -0.2) is 16.1 Å². The number of hydrogen-bond donors (Lipinski definition) is 1. The van der Waals surface area contributed by atoms with Crippen LogP contribution < -0.4 is 0 Å². The van der Waals surface area contributed by atoms with Crippen molar-refractivity contribution in [1.29, 1.82) is 0 Å². The summed E-state index contributed by atoms with van der Waals surface area (Å²) in [7, 11) is 0. The summed E-state index contributed by atoms with van der Waals surface area (Å²) in [5.74, 6) is -1.09. The van der Waals surface area contributed by atoms with E-state index >= 15 is 0 Å². The molecule has 0 unspecified atom stereocenters. The maximum absolute atomic E-state index is 12.6. The number of halogens is 4. The molecule has 1 aromatic rings. The van der Waals surface area contributed by atoms with Crippen LogP contribution in [0.1, 0.15) is 23.2 Å². The van der Waals surface area contributed by atoms with Gasteiger partial charge in [-0.1, -0.05) is 15.9 Å². The molecule has 0 amide bonds. The number of hydrogen-bond acceptors (Lipinski definition) is 2. The molecule has 0 aliphatic heterocycles. The number of carboxylic acid groups (broad SMARTS) is 1. The largest absolute Gasteiger partial charge is 0.481 e. The quantitative estimate of drug-likeness (QED) is 0.840. The van der Waals surface area contributed by atoms with Gasteiger partial charge in [0.05, 0.1) is 17.7 Å². The summed E-state index contributed by atoms with van der Waals surface area (Å²) < 4.78 is 25.2. The van der Waals surface area contributed by atoms with E-state index in [2.05, 4.69) is 36.8 Å². The Balaban J connectivity index is 3.28. The summed E-state index contributed by atoms with van der Waals surface area (Å²) in [4.78, 5) is 14.4. The summed E-state index contributed by atoms with van der Waals surface area (Å²) in [6.45, 7) is 0. The van der Waals surface area contributed by atoms with Gasteiger partial charge in [-0.15, -0.1) is 0 Å². The predicted octanol–water partition coefficient (Wildman–Crippen LogP) is 3.30. The number of rotatable bonds is 4. The lowest BCUT2D eigenvalue weighted by atomic mass is 10.1. The van der Waals surface area contributed by atoms with Crippen LogP contribution in [0.15, 0.2) is 10.7 Å². The van der Waals surface area contributed by atoms with Gasteiger partial charge in [0.25, 0.3) is 6.43 Å². The van der Waals surface area contributed by atoms with Gasteiger partial charge in [-0.3, -0.25) is 9.78 Å². The second kappa shape index (κ2) is 5.67. The molecule has 0 atom stereocenters. The van der Waals surface area contributed by atoms with Crippen molar-refractivity contribution in [3.8, 4) is 0 Å². The SMILES string of the molecule is O=C(O)Cc1c(CBr)ncc(C(F)F)c1Br. The molecule has 0 aromatic carbocycles. The van der Waals surface area contributed by atoms with Crippen molar-refractivity contribution >= 4 is 37.8 Å². The number of carbonyl (C=O) groups is 1. The Morgan fingerprint density at radius 1 is 1.56 bits per heavy atom. The van der Waals surface area contributed by atoms with Crippen LogP contribution in [0.5, 0.6) is 0 Å². The second-order valence-corrected chi connectivity index (χ2v) is 4.31. The molecular weight excluding hydrogens is 352 g/mol. The van der Waals surface area contributed by atoms with Gasteiger partial charge in [-0.05, 0) is 15.9 Å². The summed E-state index contributed by atoms with van der Waals surface area (Å²) in [5, 5.41) is 9.01. The normalized spacial score (nSPS) is 10.8. The third-order valence-corrected chi connectivity index (χ3v) is 3.38. The molecule has 0 aliphatic rings. The van der Waals surface area contributed by atoms with E-state index in [1.807, 2.05) is 0 Å². The monoisotopic (exact) mass is 357 g/mol. The number of aliphatic carboxylic acids is 1. The Bertz CT molecular complexity index is 413. The zero-order chi connectivity index (χ0) is 12.3. The van der Waals surface area contributed by atoms with Gasteiger partial charge in [-0.2, -0.15) is 0 Å². The third-order valence-electron chi connectivity index (χ3n) is 1.92. The topological polar surface area (TPSA) is 50.2 Å². The van der Waals surface area contributed by atoms with Gasteiger partial charge in [0.15, 0.2) is 0 Å². The van der Waals surface area contributed by atoms with E-state index in [9.17, 15) is 13.6 Å². The van der Waals surface area contributed by atoms with Gasteiger partial charge < -0.3 is 5.11 Å². The molecule has 1 aromatic heterocycles. The predicted molar refractivity (Wildman–Crippen MR) is 60.9 cm³/mol. The van der Waals surface area contributed by atoms with Crippen LogP contribution in [0.2, 0.25) is 0 Å². The lowest BCUT2D eigenvalue weighted by Gasteiger charge is -2.11. The Labute approximate surface area is 107 Å². The van der Waals surface area contributed by atoms with Crippen molar-refractivity contribution in [2.24, 2.45) is 0 Å². The molecule has 0 saturated carbocycles. The molecule has 1 heterocycles. The number of carboxylic acids is 1. The van der Waals surface area contributed by atoms with Crippen molar-refractivity contribution in [2.45, 2.75) is 18.2 Å². The average Bonchev–Trinajstić information content (AvgIpc) is 2.19. The van der Waals surface area contributed by atoms with Gasteiger partial charge in [-0.25, -0.2) is 8.78 Å². The molecule has 16 heavy (non-hydrogen) atoms. The maximum atomic E-state index is 12.6. The fourth-order valence-electron chi connectivity index (χ4n) is 1.18. The first-order chi connectivity index (χ1) is 7.47. The molecule has 0 fully saturated rings. The molecule has 0 radical (unpaired) electrons. The Hall–Kier alpha value is -0.560. The third kappa shape index (κ3) is 2.98. The second-order valence-electron chi connectivity index (χ2n) is 2.96. The van der Waals surface area contributed by atoms with Crippen LogP contribution in [0, 0.1) is 0 Å². The van der Waals surface area contributed by atoms with E-state index in [0.29, 0.717) is 11.0 Å². The van der Waals surface area contributed by atoms with Crippen LogP contribution >= 0.6 is 31.9 Å². The van der Waals surface area contributed by atoms with Crippen LogP contribution in [-0.2, 0) is 16.5 Å². The summed E-state index contributed by atoms with van der Waals surface area (Å²) in [6.07, 6.45) is -1.97. The summed E-state index contributed by atoms with van der Waals surface area (Å²) in [6, 6.07) is 0. The lowest BCUT2D eigenvalue weighted by Crippen LogP contribution is -2.07. The standard InChI is InChI=1S/C9H7Br2F2NO2/c10-2-6-4(1-7(15)16)8(11)5(3-14-6)9(12)13/h3,9H,1-2H2,(H,15,16). The molecule has 88 valence electrons. The Morgan fingerprint density at radius 3 is 2.62 bits per heavy atom. The van der Waals surface area contributed by atoms with Crippen molar-refractivity contribution in [2.75, 3.05) is 0 Å². The Morgan fingerprint density at radius 2 is 2.19 bits per heavy atom. The number of aromatic nitrogens is 1. The van der Waals surface area contributed by atoms with E-state index in [0.717, 1.165) is 6.20 Å². The van der Waals surface area contributed by atoms with Crippen LogP contribution in [0.25, 0.3) is 0 Å². The summed E-state index contributed by atoms with van der Waals surface area (Å²) in [5.41, 5.74) is 0.432.